The molecule has 0 heterocycles. The van der Waals surface area contributed by atoms with Gasteiger partial charge in [-0.3, -0.25) is 0 Å². The number of carbonyl (C=O) groups is 1. The molecule has 0 aliphatic heterocycles. The van der Waals surface area contributed by atoms with E-state index in [1.54, 1.807) is 0 Å². The van der Waals surface area contributed by atoms with E-state index in [1.165, 1.54) is 32.0 Å². The number of allylic oxidation sites excluding steroid dienone is 2. The lowest BCUT2D eigenvalue weighted by atomic mass is 9.81. The minimum Gasteiger partial charge on any atom is -0.303 e. The topological polar surface area (TPSA) is 17.1 Å². The molecule has 0 radical (unpaired) electrons. The first-order valence-electron chi connectivity index (χ1n) is 5.50. The first-order chi connectivity index (χ1) is 6.36. The predicted molar refractivity (Wildman–Crippen MR) is 53.3 cm³/mol. The Morgan fingerprint density at radius 1 is 1.38 bits per heavy atom. The number of rotatable bonds is 4. The Labute approximate surface area is 80.2 Å². The maximum absolute atomic E-state index is 10.9. The molecule has 1 fully saturated rings. The first-order valence-corrected chi connectivity index (χ1v) is 5.50. The van der Waals surface area contributed by atoms with Crippen LogP contribution in [0.25, 0.3) is 0 Å². The van der Waals surface area contributed by atoms with Crippen molar-refractivity contribution in [1.29, 1.82) is 0 Å². The molecular weight excluding hydrogens is 160 g/mol. The smallest absolute Gasteiger partial charge is 0.123 e. The molecule has 0 spiro atoms. The molecule has 1 saturated carbocycles. The van der Waals surface area contributed by atoms with Crippen molar-refractivity contribution in [1.82, 2.24) is 0 Å². The van der Waals surface area contributed by atoms with E-state index in [-0.39, 0.29) is 0 Å². The maximum atomic E-state index is 10.9. The van der Waals surface area contributed by atoms with Gasteiger partial charge in [0.1, 0.15) is 6.29 Å². The molecule has 0 amide bonds. The SMILES string of the molecule is CCCC[C@@H]1[C@@H](C=O)[C@H]2C=C[C@@H]1C2. The van der Waals surface area contributed by atoms with E-state index in [9.17, 15) is 4.79 Å². The largest absolute Gasteiger partial charge is 0.303 e. The summed E-state index contributed by atoms with van der Waals surface area (Å²) >= 11 is 0. The second kappa shape index (κ2) is 3.65. The van der Waals surface area contributed by atoms with Gasteiger partial charge in [-0.05, 0) is 30.6 Å². The summed E-state index contributed by atoms with van der Waals surface area (Å²) in [5.41, 5.74) is 0. The molecule has 0 aromatic rings. The highest BCUT2D eigenvalue weighted by atomic mass is 16.1. The van der Waals surface area contributed by atoms with Crippen LogP contribution in [-0.2, 0) is 4.79 Å². The molecule has 13 heavy (non-hydrogen) atoms. The zero-order chi connectivity index (χ0) is 9.26. The average molecular weight is 178 g/mol. The standard InChI is InChI=1S/C12H18O/c1-2-3-4-11-9-5-6-10(7-9)12(11)8-13/h5-6,8-12H,2-4,7H2,1H3/t9-,10+,11+,12+/m1/s1. The Morgan fingerprint density at radius 2 is 2.15 bits per heavy atom. The van der Waals surface area contributed by atoms with Gasteiger partial charge in [0.05, 0.1) is 0 Å². The number of unbranched alkanes of at least 4 members (excludes halogenated alkanes) is 1. The van der Waals surface area contributed by atoms with Gasteiger partial charge >= 0.3 is 0 Å². The second-order valence-electron chi connectivity index (χ2n) is 4.47. The second-order valence-corrected chi connectivity index (χ2v) is 4.47. The van der Waals surface area contributed by atoms with E-state index in [2.05, 4.69) is 19.1 Å². The maximum Gasteiger partial charge on any atom is 0.123 e. The molecule has 72 valence electrons. The van der Waals surface area contributed by atoms with Crippen molar-refractivity contribution in [2.75, 3.05) is 0 Å². The highest BCUT2D eigenvalue weighted by Gasteiger charge is 2.43. The summed E-state index contributed by atoms with van der Waals surface area (Å²) in [6.07, 6.45) is 10.8. The molecular formula is C12H18O. The zero-order valence-corrected chi connectivity index (χ0v) is 8.28. The van der Waals surface area contributed by atoms with Crippen LogP contribution in [0.1, 0.15) is 32.6 Å². The highest BCUT2D eigenvalue weighted by Crippen LogP contribution is 2.48. The van der Waals surface area contributed by atoms with E-state index in [1.807, 2.05) is 0 Å². The Morgan fingerprint density at radius 3 is 2.85 bits per heavy atom. The van der Waals surface area contributed by atoms with Gasteiger partial charge in [0.15, 0.2) is 0 Å². The molecule has 2 aliphatic rings. The van der Waals surface area contributed by atoms with Crippen LogP contribution in [0.3, 0.4) is 0 Å². The summed E-state index contributed by atoms with van der Waals surface area (Å²) in [7, 11) is 0. The Kier molecular flexibility index (Phi) is 2.52. The molecule has 0 aromatic carbocycles. The predicted octanol–water partition coefficient (Wildman–Crippen LogP) is 2.81. The number of fused-ring (bicyclic) bond motifs is 2. The number of carbonyl (C=O) groups excluding carboxylic acids is 1. The van der Waals surface area contributed by atoms with Crippen LogP contribution in [0.15, 0.2) is 12.2 Å². The fourth-order valence-corrected chi connectivity index (χ4v) is 3.01. The molecule has 0 aromatic heterocycles. The molecule has 1 heteroatoms. The van der Waals surface area contributed by atoms with Gasteiger partial charge in [0, 0.05) is 5.92 Å². The third-order valence-electron chi connectivity index (χ3n) is 3.74. The number of aldehydes is 1. The fourth-order valence-electron chi connectivity index (χ4n) is 3.01. The van der Waals surface area contributed by atoms with Crippen LogP contribution >= 0.6 is 0 Å². The molecule has 2 bridgehead atoms. The van der Waals surface area contributed by atoms with Crippen LogP contribution in [0, 0.1) is 23.7 Å². The minimum atomic E-state index is 0.349. The Bertz CT molecular complexity index is 219. The van der Waals surface area contributed by atoms with Gasteiger partial charge in [-0.25, -0.2) is 0 Å². The van der Waals surface area contributed by atoms with Crippen molar-refractivity contribution in [2.45, 2.75) is 32.6 Å². The molecule has 0 saturated heterocycles. The van der Waals surface area contributed by atoms with Crippen molar-refractivity contribution in [3.05, 3.63) is 12.2 Å². The quantitative estimate of drug-likeness (QED) is 0.478. The van der Waals surface area contributed by atoms with E-state index in [0.717, 1.165) is 5.92 Å². The average Bonchev–Trinajstić information content (AvgIpc) is 2.73. The number of hydrogen-bond donors (Lipinski definition) is 0. The van der Waals surface area contributed by atoms with E-state index in [4.69, 9.17) is 0 Å². The van der Waals surface area contributed by atoms with Crippen molar-refractivity contribution in [3.63, 3.8) is 0 Å². The number of hydrogen-bond acceptors (Lipinski definition) is 1. The van der Waals surface area contributed by atoms with Crippen molar-refractivity contribution in [3.8, 4) is 0 Å². The van der Waals surface area contributed by atoms with Crippen LogP contribution in [0.4, 0.5) is 0 Å². The molecule has 0 unspecified atom stereocenters. The lowest BCUT2D eigenvalue weighted by Crippen LogP contribution is -2.20. The lowest BCUT2D eigenvalue weighted by molar-refractivity contribution is -0.113. The third kappa shape index (κ3) is 1.45. The summed E-state index contributed by atoms with van der Waals surface area (Å²) < 4.78 is 0. The summed E-state index contributed by atoms with van der Waals surface area (Å²) in [5.74, 6) is 2.34. The van der Waals surface area contributed by atoms with Crippen LogP contribution in [-0.4, -0.2) is 6.29 Å². The Balaban J connectivity index is 2.01. The van der Waals surface area contributed by atoms with E-state index >= 15 is 0 Å². The highest BCUT2D eigenvalue weighted by molar-refractivity contribution is 5.57. The molecule has 4 atom stereocenters. The van der Waals surface area contributed by atoms with Crippen LogP contribution in [0.5, 0.6) is 0 Å². The van der Waals surface area contributed by atoms with Crippen molar-refractivity contribution in [2.24, 2.45) is 23.7 Å². The van der Waals surface area contributed by atoms with E-state index < -0.39 is 0 Å². The monoisotopic (exact) mass is 178 g/mol. The van der Waals surface area contributed by atoms with Gasteiger partial charge < -0.3 is 4.79 Å². The van der Waals surface area contributed by atoms with Gasteiger partial charge in [-0.1, -0.05) is 31.9 Å². The molecule has 0 N–H and O–H groups in total. The molecule has 2 aliphatic carbocycles. The van der Waals surface area contributed by atoms with Crippen LogP contribution in [0.2, 0.25) is 0 Å². The summed E-state index contributed by atoms with van der Waals surface area (Å²) in [6, 6.07) is 0. The van der Waals surface area contributed by atoms with E-state index in [0.29, 0.717) is 17.8 Å². The fraction of sp³-hybridized carbons (Fsp3) is 0.750. The molecule has 2 rings (SSSR count). The van der Waals surface area contributed by atoms with Crippen LogP contribution < -0.4 is 0 Å². The summed E-state index contributed by atoms with van der Waals surface area (Å²) in [6.45, 7) is 2.22. The normalized spacial score (nSPS) is 41.3. The van der Waals surface area contributed by atoms with Gasteiger partial charge in [0.2, 0.25) is 0 Å². The van der Waals surface area contributed by atoms with Crippen molar-refractivity contribution >= 4 is 6.29 Å². The van der Waals surface area contributed by atoms with Crippen molar-refractivity contribution < 1.29 is 4.79 Å². The Hall–Kier alpha value is -0.590. The minimum absolute atomic E-state index is 0.349. The van der Waals surface area contributed by atoms with Gasteiger partial charge in [-0.15, -0.1) is 0 Å². The first kappa shape index (κ1) is 8.98. The summed E-state index contributed by atoms with van der Waals surface area (Å²) in [4.78, 5) is 10.9. The third-order valence-corrected chi connectivity index (χ3v) is 3.74. The zero-order valence-electron chi connectivity index (χ0n) is 8.28. The summed E-state index contributed by atoms with van der Waals surface area (Å²) in [5, 5.41) is 0. The molecule has 1 nitrogen and oxygen atoms in total. The lowest BCUT2D eigenvalue weighted by Gasteiger charge is -2.23. The van der Waals surface area contributed by atoms with Gasteiger partial charge in [-0.2, -0.15) is 0 Å². The van der Waals surface area contributed by atoms with Gasteiger partial charge in [0.25, 0.3) is 0 Å².